The normalized spacial score (nSPS) is 27.4. The number of aliphatic hydroxyl groups excluding tert-OH is 2. The summed E-state index contributed by atoms with van der Waals surface area (Å²) in [6, 6.07) is 0.220. The van der Waals surface area contributed by atoms with Gasteiger partial charge in [-0.2, -0.15) is 0 Å². The summed E-state index contributed by atoms with van der Waals surface area (Å²) in [5.74, 6) is 0. The van der Waals surface area contributed by atoms with Gasteiger partial charge in [-0.3, -0.25) is 4.90 Å². The molecule has 14 heavy (non-hydrogen) atoms. The van der Waals surface area contributed by atoms with E-state index >= 15 is 0 Å². The molecule has 84 valence electrons. The molecule has 0 unspecified atom stereocenters. The number of nitrogens with zero attached hydrogens (tertiary/aromatic N) is 1. The Hall–Kier alpha value is -0.160. The number of hydrogen-bond donors (Lipinski definition) is 2. The van der Waals surface area contributed by atoms with E-state index in [1.165, 1.54) is 0 Å². The number of methoxy groups -OCH3 is 1. The van der Waals surface area contributed by atoms with Crippen molar-refractivity contribution in [2.24, 2.45) is 0 Å². The van der Waals surface area contributed by atoms with Crippen LogP contribution in [0, 0.1) is 0 Å². The average molecular weight is 203 g/mol. The largest absolute Gasteiger partial charge is 0.395 e. The Balaban J connectivity index is 2.39. The van der Waals surface area contributed by atoms with Crippen LogP contribution in [0.5, 0.6) is 0 Å². The van der Waals surface area contributed by atoms with Crippen molar-refractivity contribution in [3.8, 4) is 0 Å². The van der Waals surface area contributed by atoms with Crippen LogP contribution < -0.4 is 0 Å². The lowest BCUT2D eigenvalue weighted by Crippen LogP contribution is -2.43. The van der Waals surface area contributed by atoms with Gasteiger partial charge in [0.1, 0.15) is 0 Å². The average Bonchev–Trinajstić information content (AvgIpc) is 2.59. The molecular formula is C10H21NO3. The van der Waals surface area contributed by atoms with E-state index in [0.29, 0.717) is 13.2 Å². The molecule has 0 aliphatic heterocycles. The van der Waals surface area contributed by atoms with Gasteiger partial charge in [-0.05, 0) is 19.3 Å². The number of hydrogen-bond acceptors (Lipinski definition) is 4. The van der Waals surface area contributed by atoms with E-state index in [1.807, 2.05) is 0 Å². The third-order valence-electron chi connectivity index (χ3n) is 2.88. The van der Waals surface area contributed by atoms with Gasteiger partial charge in [0.2, 0.25) is 0 Å². The zero-order chi connectivity index (χ0) is 10.4. The van der Waals surface area contributed by atoms with Crippen LogP contribution in [0.25, 0.3) is 0 Å². The van der Waals surface area contributed by atoms with Gasteiger partial charge in [0.15, 0.2) is 0 Å². The molecule has 0 heterocycles. The molecule has 0 amide bonds. The minimum atomic E-state index is -0.224. The van der Waals surface area contributed by atoms with Crippen LogP contribution in [0.2, 0.25) is 0 Å². The van der Waals surface area contributed by atoms with Gasteiger partial charge in [-0.25, -0.2) is 0 Å². The molecule has 0 radical (unpaired) electrons. The van der Waals surface area contributed by atoms with Crippen molar-refractivity contribution in [2.45, 2.75) is 31.4 Å². The Morgan fingerprint density at radius 2 is 2.14 bits per heavy atom. The zero-order valence-corrected chi connectivity index (χ0v) is 8.85. The SMILES string of the molecule is COCCN(CCO)[C@H]1CCC[C@@H]1O. The summed E-state index contributed by atoms with van der Waals surface area (Å²) in [5, 5.41) is 18.6. The van der Waals surface area contributed by atoms with E-state index in [2.05, 4.69) is 4.90 Å². The third kappa shape index (κ3) is 3.20. The first-order chi connectivity index (χ1) is 6.79. The molecule has 2 N–H and O–H groups in total. The van der Waals surface area contributed by atoms with Gasteiger partial charge in [-0.15, -0.1) is 0 Å². The molecule has 0 spiro atoms. The topological polar surface area (TPSA) is 52.9 Å². The number of aliphatic hydroxyl groups is 2. The van der Waals surface area contributed by atoms with Gasteiger partial charge in [0, 0.05) is 26.2 Å². The Morgan fingerprint density at radius 3 is 2.64 bits per heavy atom. The summed E-state index contributed by atoms with van der Waals surface area (Å²) in [6.07, 6.45) is 2.78. The van der Waals surface area contributed by atoms with E-state index in [9.17, 15) is 5.11 Å². The highest BCUT2D eigenvalue weighted by Crippen LogP contribution is 2.23. The van der Waals surface area contributed by atoms with E-state index in [0.717, 1.165) is 25.8 Å². The fourth-order valence-electron chi connectivity index (χ4n) is 2.13. The summed E-state index contributed by atoms with van der Waals surface area (Å²) >= 11 is 0. The van der Waals surface area contributed by atoms with Crippen molar-refractivity contribution in [3.05, 3.63) is 0 Å². The molecule has 4 heteroatoms. The maximum atomic E-state index is 9.72. The number of ether oxygens (including phenoxy) is 1. The van der Waals surface area contributed by atoms with Crippen LogP contribution in [0.1, 0.15) is 19.3 Å². The molecule has 4 nitrogen and oxygen atoms in total. The predicted octanol–water partition coefficient (Wildman–Crippen LogP) is -0.160. The lowest BCUT2D eigenvalue weighted by atomic mass is 10.2. The molecule has 0 aromatic rings. The van der Waals surface area contributed by atoms with E-state index in [1.54, 1.807) is 7.11 Å². The maximum absolute atomic E-state index is 9.72. The monoisotopic (exact) mass is 203 g/mol. The molecule has 0 aromatic carbocycles. The Morgan fingerprint density at radius 1 is 1.36 bits per heavy atom. The summed E-state index contributed by atoms with van der Waals surface area (Å²) in [5.41, 5.74) is 0. The van der Waals surface area contributed by atoms with Gasteiger partial charge < -0.3 is 14.9 Å². The Bertz CT molecular complexity index is 154. The molecule has 2 atom stereocenters. The van der Waals surface area contributed by atoms with Gasteiger partial charge in [0.05, 0.1) is 19.3 Å². The van der Waals surface area contributed by atoms with Crippen LogP contribution in [-0.4, -0.2) is 60.7 Å². The van der Waals surface area contributed by atoms with Crippen molar-refractivity contribution >= 4 is 0 Å². The van der Waals surface area contributed by atoms with Crippen LogP contribution in [0.3, 0.4) is 0 Å². The second-order valence-corrected chi connectivity index (χ2v) is 3.82. The molecule has 0 bridgehead atoms. The summed E-state index contributed by atoms with van der Waals surface area (Å²) < 4.78 is 5.01. The molecule has 0 saturated heterocycles. The van der Waals surface area contributed by atoms with Crippen molar-refractivity contribution in [1.82, 2.24) is 4.90 Å². The lowest BCUT2D eigenvalue weighted by Gasteiger charge is -2.30. The van der Waals surface area contributed by atoms with Crippen molar-refractivity contribution < 1.29 is 14.9 Å². The fraction of sp³-hybridized carbons (Fsp3) is 1.00. The molecule has 1 aliphatic carbocycles. The van der Waals surface area contributed by atoms with Crippen molar-refractivity contribution in [1.29, 1.82) is 0 Å². The third-order valence-corrected chi connectivity index (χ3v) is 2.88. The fourth-order valence-corrected chi connectivity index (χ4v) is 2.13. The van der Waals surface area contributed by atoms with Crippen molar-refractivity contribution in [2.75, 3.05) is 33.4 Å². The minimum absolute atomic E-state index is 0.146. The molecule has 0 aromatic heterocycles. The Kier molecular flexibility index (Phi) is 5.40. The second-order valence-electron chi connectivity index (χ2n) is 3.82. The smallest absolute Gasteiger partial charge is 0.0695 e. The summed E-state index contributed by atoms with van der Waals surface area (Å²) in [7, 11) is 1.67. The van der Waals surface area contributed by atoms with Crippen LogP contribution in [-0.2, 0) is 4.74 Å². The lowest BCUT2D eigenvalue weighted by molar-refractivity contribution is 0.0422. The molecule has 1 rings (SSSR count). The van der Waals surface area contributed by atoms with E-state index < -0.39 is 0 Å². The highest BCUT2D eigenvalue weighted by Gasteiger charge is 2.29. The second kappa shape index (κ2) is 6.35. The summed E-state index contributed by atoms with van der Waals surface area (Å²) in [4.78, 5) is 2.13. The van der Waals surface area contributed by atoms with Gasteiger partial charge >= 0.3 is 0 Å². The molecule has 1 aliphatic rings. The minimum Gasteiger partial charge on any atom is -0.395 e. The quantitative estimate of drug-likeness (QED) is 0.630. The first-order valence-electron chi connectivity index (χ1n) is 5.31. The van der Waals surface area contributed by atoms with Crippen LogP contribution in [0.4, 0.5) is 0 Å². The highest BCUT2D eigenvalue weighted by molar-refractivity contribution is 4.85. The van der Waals surface area contributed by atoms with E-state index in [-0.39, 0.29) is 18.8 Å². The van der Waals surface area contributed by atoms with Crippen LogP contribution in [0.15, 0.2) is 0 Å². The zero-order valence-electron chi connectivity index (χ0n) is 8.85. The van der Waals surface area contributed by atoms with E-state index in [4.69, 9.17) is 9.84 Å². The van der Waals surface area contributed by atoms with Gasteiger partial charge in [0.25, 0.3) is 0 Å². The molecule has 1 fully saturated rings. The molecule has 1 saturated carbocycles. The van der Waals surface area contributed by atoms with Gasteiger partial charge in [-0.1, -0.05) is 0 Å². The van der Waals surface area contributed by atoms with Crippen molar-refractivity contribution in [3.63, 3.8) is 0 Å². The maximum Gasteiger partial charge on any atom is 0.0695 e. The first-order valence-corrected chi connectivity index (χ1v) is 5.31. The first kappa shape index (κ1) is 11.9. The predicted molar refractivity (Wildman–Crippen MR) is 54.2 cm³/mol. The van der Waals surface area contributed by atoms with Crippen LogP contribution >= 0.6 is 0 Å². The summed E-state index contributed by atoms with van der Waals surface area (Å²) in [6.45, 7) is 2.22. The Labute approximate surface area is 85.5 Å². The number of rotatable bonds is 6. The molecular weight excluding hydrogens is 182 g/mol. The standard InChI is InChI=1S/C10H21NO3/c1-14-8-6-11(5-7-12)9-3-2-4-10(9)13/h9-10,12-13H,2-8H2,1H3/t9-,10-/m0/s1. The highest BCUT2D eigenvalue weighted by atomic mass is 16.5.